The second-order valence-corrected chi connectivity index (χ2v) is 6.07. The molecule has 0 bridgehead atoms. The highest BCUT2D eigenvalue weighted by Crippen LogP contribution is 2.23. The number of carbonyl (C=O) groups is 1. The number of nitrogen functional groups attached to an aromatic ring is 1. The lowest BCUT2D eigenvalue weighted by Crippen LogP contribution is -2.32. The van der Waals surface area contributed by atoms with Crippen LogP contribution in [0.3, 0.4) is 0 Å². The van der Waals surface area contributed by atoms with Gasteiger partial charge in [0.15, 0.2) is 0 Å². The standard InChI is InChI=1S/C8H10ClN5O3S/c9-5-2-6(10)13-8(12-5)14-3-4(1-7(14)15)18(11,16)17/h2,4H,1,3H2,(H2,10,12,13)(H2,11,16,17). The average molecular weight is 292 g/mol. The number of aromatic nitrogens is 2. The first-order valence-electron chi connectivity index (χ1n) is 4.89. The van der Waals surface area contributed by atoms with Crippen LogP contribution >= 0.6 is 11.6 Å². The molecular formula is C8H10ClN5O3S. The van der Waals surface area contributed by atoms with Crippen molar-refractivity contribution in [1.82, 2.24) is 9.97 Å². The number of hydrogen-bond acceptors (Lipinski definition) is 6. The Morgan fingerprint density at radius 2 is 2.11 bits per heavy atom. The van der Waals surface area contributed by atoms with Gasteiger partial charge in [0.05, 0.1) is 0 Å². The van der Waals surface area contributed by atoms with E-state index in [1.807, 2.05) is 0 Å². The molecule has 8 nitrogen and oxygen atoms in total. The van der Waals surface area contributed by atoms with Gasteiger partial charge < -0.3 is 5.73 Å². The van der Waals surface area contributed by atoms with Crippen molar-refractivity contribution in [2.24, 2.45) is 5.14 Å². The van der Waals surface area contributed by atoms with E-state index in [0.29, 0.717) is 0 Å². The molecule has 1 atom stereocenters. The van der Waals surface area contributed by atoms with Gasteiger partial charge in [0, 0.05) is 19.0 Å². The number of nitrogens with two attached hydrogens (primary N) is 2. The highest BCUT2D eigenvalue weighted by molar-refractivity contribution is 7.89. The van der Waals surface area contributed by atoms with Crippen LogP contribution in [0.2, 0.25) is 5.15 Å². The van der Waals surface area contributed by atoms with Crippen LogP contribution in [0.25, 0.3) is 0 Å². The number of nitrogens with zero attached hydrogens (tertiary/aromatic N) is 3. The van der Waals surface area contributed by atoms with Gasteiger partial charge >= 0.3 is 0 Å². The third-order valence-corrected chi connectivity index (χ3v) is 3.94. The Morgan fingerprint density at radius 1 is 1.44 bits per heavy atom. The molecule has 98 valence electrons. The Balaban J connectivity index is 2.32. The fourth-order valence-electron chi connectivity index (χ4n) is 1.63. The van der Waals surface area contributed by atoms with Crippen molar-refractivity contribution in [2.75, 3.05) is 17.2 Å². The van der Waals surface area contributed by atoms with Crippen LogP contribution < -0.4 is 15.8 Å². The van der Waals surface area contributed by atoms with E-state index >= 15 is 0 Å². The third-order valence-electron chi connectivity index (χ3n) is 2.50. The molecule has 1 aromatic rings. The van der Waals surface area contributed by atoms with E-state index in [4.69, 9.17) is 22.5 Å². The molecule has 2 heterocycles. The predicted molar refractivity (Wildman–Crippen MR) is 65.3 cm³/mol. The summed E-state index contributed by atoms with van der Waals surface area (Å²) >= 11 is 5.69. The minimum Gasteiger partial charge on any atom is -0.383 e. The molecule has 1 aliphatic rings. The first-order chi connectivity index (χ1) is 8.27. The smallest absolute Gasteiger partial charge is 0.235 e. The summed E-state index contributed by atoms with van der Waals surface area (Å²) in [6.45, 7) is -0.0998. The predicted octanol–water partition coefficient (Wildman–Crippen LogP) is -0.894. The van der Waals surface area contributed by atoms with Gasteiger partial charge in [-0.3, -0.25) is 9.69 Å². The second kappa shape index (κ2) is 4.34. The van der Waals surface area contributed by atoms with E-state index in [2.05, 4.69) is 9.97 Å². The molecule has 18 heavy (non-hydrogen) atoms. The number of anilines is 2. The Morgan fingerprint density at radius 3 is 2.61 bits per heavy atom. The number of halogens is 1. The zero-order valence-corrected chi connectivity index (χ0v) is 10.6. The van der Waals surface area contributed by atoms with E-state index in [-0.39, 0.29) is 29.9 Å². The summed E-state index contributed by atoms with van der Waals surface area (Å²) in [5.41, 5.74) is 5.48. The Labute approximate surface area is 108 Å². The normalized spacial score (nSPS) is 20.4. The summed E-state index contributed by atoms with van der Waals surface area (Å²) in [6, 6.07) is 1.32. The van der Waals surface area contributed by atoms with Crippen molar-refractivity contribution in [2.45, 2.75) is 11.7 Å². The number of carbonyl (C=O) groups excluding carboxylic acids is 1. The van der Waals surface area contributed by atoms with Crippen LogP contribution in [-0.4, -0.2) is 36.1 Å². The fourth-order valence-corrected chi connectivity index (χ4v) is 2.55. The minimum atomic E-state index is -3.78. The molecule has 1 aromatic heterocycles. The van der Waals surface area contributed by atoms with E-state index in [1.165, 1.54) is 6.07 Å². The van der Waals surface area contributed by atoms with E-state index in [9.17, 15) is 13.2 Å². The maximum Gasteiger partial charge on any atom is 0.235 e. The summed E-state index contributed by atoms with van der Waals surface area (Å²) in [4.78, 5) is 20.5. The van der Waals surface area contributed by atoms with Crippen LogP contribution in [0.4, 0.5) is 11.8 Å². The average Bonchev–Trinajstić information content (AvgIpc) is 2.58. The lowest BCUT2D eigenvalue weighted by molar-refractivity contribution is -0.117. The maximum absolute atomic E-state index is 11.7. The lowest BCUT2D eigenvalue weighted by atomic mass is 10.4. The molecule has 1 amide bonds. The zero-order chi connectivity index (χ0) is 13.5. The number of primary sulfonamides is 1. The molecule has 0 aliphatic carbocycles. The molecule has 0 spiro atoms. The molecule has 0 radical (unpaired) electrons. The highest BCUT2D eigenvalue weighted by atomic mass is 35.5. The van der Waals surface area contributed by atoms with Crippen LogP contribution in [0.5, 0.6) is 0 Å². The van der Waals surface area contributed by atoms with Crippen molar-refractivity contribution in [1.29, 1.82) is 0 Å². The van der Waals surface area contributed by atoms with Gasteiger partial charge in [-0.15, -0.1) is 0 Å². The summed E-state index contributed by atoms with van der Waals surface area (Å²) in [5, 5.41) is 4.11. The molecule has 4 N–H and O–H groups in total. The number of hydrogen-bond donors (Lipinski definition) is 2. The molecule has 0 aromatic carbocycles. The quantitative estimate of drug-likeness (QED) is 0.679. The Kier molecular flexibility index (Phi) is 3.13. The van der Waals surface area contributed by atoms with Gasteiger partial charge in [0.1, 0.15) is 16.2 Å². The second-order valence-electron chi connectivity index (χ2n) is 3.84. The van der Waals surface area contributed by atoms with E-state index < -0.39 is 21.2 Å². The monoisotopic (exact) mass is 291 g/mol. The van der Waals surface area contributed by atoms with Crippen LogP contribution in [0.1, 0.15) is 6.42 Å². The van der Waals surface area contributed by atoms with Crippen LogP contribution in [0.15, 0.2) is 6.07 Å². The van der Waals surface area contributed by atoms with Crippen molar-refractivity contribution in [3.05, 3.63) is 11.2 Å². The number of amides is 1. The summed E-state index contributed by atoms with van der Waals surface area (Å²) < 4.78 is 22.4. The minimum absolute atomic E-state index is 0.0175. The highest BCUT2D eigenvalue weighted by Gasteiger charge is 2.38. The van der Waals surface area contributed by atoms with E-state index in [0.717, 1.165) is 4.90 Å². The molecule has 2 rings (SSSR count). The van der Waals surface area contributed by atoms with Crippen molar-refractivity contribution >= 4 is 39.3 Å². The first-order valence-corrected chi connectivity index (χ1v) is 6.88. The summed E-state index contributed by atoms with van der Waals surface area (Å²) in [7, 11) is -3.78. The van der Waals surface area contributed by atoms with Crippen LogP contribution in [0, 0.1) is 0 Å². The summed E-state index contributed by atoms with van der Waals surface area (Å²) in [6.07, 6.45) is -0.200. The van der Waals surface area contributed by atoms with Gasteiger partial charge in [0.2, 0.25) is 21.9 Å². The molecule has 0 saturated carbocycles. The molecule has 1 saturated heterocycles. The van der Waals surface area contributed by atoms with Gasteiger partial charge in [0.25, 0.3) is 0 Å². The van der Waals surface area contributed by atoms with Gasteiger partial charge in [-0.25, -0.2) is 18.5 Å². The summed E-state index contributed by atoms with van der Waals surface area (Å²) in [5.74, 6) is -0.358. The van der Waals surface area contributed by atoms with Crippen molar-refractivity contribution in [3.8, 4) is 0 Å². The zero-order valence-electron chi connectivity index (χ0n) is 9.08. The molecule has 1 unspecified atom stereocenters. The molecule has 1 fully saturated rings. The molecule has 1 aliphatic heterocycles. The first kappa shape index (κ1) is 13.0. The van der Waals surface area contributed by atoms with Gasteiger partial charge in [-0.1, -0.05) is 11.6 Å². The SMILES string of the molecule is Nc1cc(Cl)nc(N2CC(S(N)(=O)=O)CC2=O)n1. The topological polar surface area (TPSA) is 132 Å². The molecule has 10 heteroatoms. The fraction of sp³-hybridized carbons (Fsp3) is 0.375. The van der Waals surface area contributed by atoms with Gasteiger partial charge in [-0.05, 0) is 0 Å². The number of sulfonamides is 1. The van der Waals surface area contributed by atoms with Crippen LogP contribution in [-0.2, 0) is 14.8 Å². The van der Waals surface area contributed by atoms with Crippen molar-refractivity contribution < 1.29 is 13.2 Å². The maximum atomic E-state index is 11.7. The van der Waals surface area contributed by atoms with Crippen molar-refractivity contribution in [3.63, 3.8) is 0 Å². The van der Waals surface area contributed by atoms with Gasteiger partial charge in [-0.2, -0.15) is 4.98 Å². The van der Waals surface area contributed by atoms with E-state index in [1.54, 1.807) is 0 Å². The molecular weight excluding hydrogens is 282 g/mol. The largest absolute Gasteiger partial charge is 0.383 e. The lowest BCUT2D eigenvalue weighted by Gasteiger charge is -2.14. The third kappa shape index (κ3) is 2.52. The Hall–Kier alpha value is -1.45. The number of rotatable bonds is 2. The Bertz CT molecular complexity index is 585.